The maximum absolute atomic E-state index is 15.0. The van der Waals surface area contributed by atoms with Crippen molar-refractivity contribution in [2.75, 3.05) is 6.61 Å². The molecule has 0 aromatic heterocycles. The maximum atomic E-state index is 15.0. The quantitative estimate of drug-likeness (QED) is 0.268. The Morgan fingerprint density at radius 3 is 1.88 bits per heavy atom. The van der Waals surface area contributed by atoms with Gasteiger partial charge < -0.3 is 4.74 Å². The van der Waals surface area contributed by atoms with Gasteiger partial charge in [-0.1, -0.05) is 68.8 Å². The van der Waals surface area contributed by atoms with E-state index in [4.69, 9.17) is 4.74 Å². The average molecular weight is 455 g/mol. The lowest BCUT2D eigenvalue weighted by atomic mass is 9.79. The molecule has 0 heterocycles. The van der Waals surface area contributed by atoms with Gasteiger partial charge in [-0.25, -0.2) is 13.2 Å². The highest BCUT2D eigenvalue weighted by atomic mass is 19.2. The molecular weight excluding hydrogens is 428 g/mol. The number of benzene rings is 3. The summed E-state index contributed by atoms with van der Waals surface area (Å²) in [6.45, 7) is 5.72. The third kappa shape index (κ3) is 4.68. The second-order valence-corrected chi connectivity index (χ2v) is 8.70. The van der Waals surface area contributed by atoms with Crippen molar-refractivity contribution in [1.82, 2.24) is 0 Å². The first kappa shape index (κ1) is 23.1. The average Bonchev–Trinajstić information content (AvgIpc) is 2.83. The predicted octanol–water partition coefficient (Wildman–Crippen LogP) is 8.44. The fourth-order valence-corrected chi connectivity index (χ4v) is 4.52. The molecule has 0 saturated heterocycles. The third-order valence-electron chi connectivity index (χ3n) is 6.48. The molecule has 33 heavy (non-hydrogen) atoms. The van der Waals surface area contributed by atoms with Crippen molar-refractivity contribution >= 4 is 0 Å². The van der Waals surface area contributed by atoms with E-state index in [-0.39, 0.29) is 29.4 Å². The highest BCUT2D eigenvalue weighted by Crippen LogP contribution is 2.39. The number of hydrogen-bond donors (Lipinski definition) is 0. The zero-order chi connectivity index (χ0) is 23.5. The van der Waals surface area contributed by atoms with E-state index in [0.717, 1.165) is 25.7 Å². The van der Waals surface area contributed by atoms with Crippen LogP contribution in [-0.4, -0.2) is 6.61 Å². The van der Waals surface area contributed by atoms with E-state index in [0.29, 0.717) is 22.6 Å². The predicted molar refractivity (Wildman–Crippen MR) is 123 cm³/mol. The molecule has 1 aliphatic rings. The van der Waals surface area contributed by atoms with Crippen molar-refractivity contribution in [3.8, 4) is 28.0 Å². The molecule has 3 aromatic carbocycles. The minimum absolute atomic E-state index is 0.0448. The lowest BCUT2D eigenvalue weighted by Gasteiger charge is -2.27. The Morgan fingerprint density at radius 1 is 0.758 bits per heavy atom. The molecule has 172 valence electrons. The van der Waals surface area contributed by atoms with Crippen molar-refractivity contribution in [2.24, 2.45) is 5.92 Å². The van der Waals surface area contributed by atoms with Crippen LogP contribution in [0.25, 0.3) is 22.3 Å². The summed E-state index contributed by atoms with van der Waals surface area (Å²) in [6, 6.07) is 12.3. The van der Waals surface area contributed by atoms with Gasteiger partial charge in [-0.3, -0.25) is 0 Å². The first-order chi connectivity index (χ1) is 15.9. The highest BCUT2D eigenvalue weighted by molar-refractivity contribution is 5.71. The van der Waals surface area contributed by atoms with Crippen molar-refractivity contribution in [3.63, 3.8) is 0 Å². The van der Waals surface area contributed by atoms with E-state index in [1.807, 2.05) is 0 Å². The standard InChI is InChI=1S/C28H26F4O/c1-3-16-33-24-15-14-23(27(31)28(24)32)20-10-8-19(9-11-20)22-13-12-21(25(29)26(22)30)18-6-4-17(2)5-7-18/h3,8-15,17-18H,1,4-7,16H2,2H3. The van der Waals surface area contributed by atoms with E-state index < -0.39 is 23.3 Å². The second kappa shape index (κ2) is 9.82. The molecule has 1 fully saturated rings. The lowest BCUT2D eigenvalue weighted by molar-refractivity contribution is 0.333. The van der Waals surface area contributed by atoms with Gasteiger partial charge in [0.05, 0.1) is 0 Å². The lowest BCUT2D eigenvalue weighted by Crippen LogP contribution is -2.13. The molecular formula is C28H26F4O. The number of halogens is 4. The summed E-state index contributed by atoms with van der Waals surface area (Å²) in [5.74, 6) is -3.31. The van der Waals surface area contributed by atoms with Crippen LogP contribution < -0.4 is 4.74 Å². The van der Waals surface area contributed by atoms with Gasteiger partial charge in [0.15, 0.2) is 23.2 Å². The molecule has 0 atom stereocenters. The fourth-order valence-electron chi connectivity index (χ4n) is 4.52. The number of hydrogen-bond acceptors (Lipinski definition) is 1. The van der Waals surface area contributed by atoms with E-state index >= 15 is 0 Å². The zero-order valence-electron chi connectivity index (χ0n) is 18.5. The van der Waals surface area contributed by atoms with Crippen LogP contribution in [0.3, 0.4) is 0 Å². The van der Waals surface area contributed by atoms with E-state index in [1.165, 1.54) is 18.2 Å². The Balaban J connectivity index is 1.59. The first-order valence-electron chi connectivity index (χ1n) is 11.2. The van der Waals surface area contributed by atoms with Gasteiger partial charge >= 0.3 is 0 Å². The van der Waals surface area contributed by atoms with Gasteiger partial charge in [-0.15, -0.1) is 0 Å². The molecule has 0 unspecified atom stereocenters. The van der Waals surface area contributed by atoms with Crippen molar-refractivity contribution in [2.45, 2.75) is 38.5 Å². The van der Waals surface area contributed by atoms with E-state index in [2.05, 4.69) is 13.5 Å². The van der Waals surface area contributed by atoms with Crippen LogP contribution in [-0.2, 0) is 0 Å². The van der Waals surface area contributed by atoms with Gasteiger partial charge in [-0.2, -0.15) is 4.39 Å². The monoisotopic (exact) mass is 454 g/mol. The first-order valence-corrected chi connectivity index (χ1v) is 11.2. The Bertz CT molecular complexity index is 1150. The molecule has 0 spiro atoms. The summed E-state index contributed by atoms with van der Waals surface area (Å²) < 4.78 is 63.9. The molecule has 3 aromatic rings. The summed E-state index contributed by atoms with van der Waals surface area (Å²) in [4.78, 5) is 0. The summed E-state index contributed by atoms with van der Waals surface area (Å²) in [6.07, 6.45) is 5.21. The molecule has 0 aliphatic heterocycles. The van der Waals surface area contributed by atoms with Crippen LogP contribution in [0, 0.1) is 29.2 Å². The molecule has 4 rings (SSSR count). The highest BCUT2D eigenvalue weighted by Gasteiger charge is 2.25. The van der Waals surface area contributed by atoms with Crippen LogP contribution in [0.1, 0.15) is 44.1 Å². The smallest absolute Gasteiger partial charge is 0.201 e. The molecule has 0 amide bonds. The normalized spacial score (nSPS) is 18.2. The van der Waals surface area contributed by atoms with Crippen LogP contribution in [0.15, 0.2) is 61.2 Å². The Hall–Kier alpha value is -3.08. The third-order valence-corrected chi connectivity index (χ3v) is 6.48. The SMILES string of the molecule is C=CCOc1ccc(-c2ccc(-c3ccc(C4CCC(C)CC4)c(F)c3F)cc2)c(F)c1F. The molecule has 0 N–H and O–H groups in total. The fraction of sp³-hybridized carbons (Fsp3) is 0.286. The van der Waals surface area contributed by atoms with E-state index in [1.54, 1.807) is 36.4 Å². The topological polar surface area (TPSA) is 9.23 Å². The van der Waals surface area contributed by atoms with Crippen LogP contribution in [0.4, 0.5) is 17.6 Å². The van der Waals surface area contributed by atoms with Crippen LogP contribution in [0.2, 0.25) is 0 Å². The van der Waals surface area contributed by atoms with Crippen molar-refractivity contribution < 1.29 is 22.3 Å². The van der Waals surface area contributed by atoms with Gasteiger partial charge in [0, 0.05) is 11.1 Å². The van der Waals surface area contributed by atoms with Crippen molar-refractivity contribution in [3.05, 3.63) is 90.0 Å². The van der Waals surface area contributed by atoms with Gasteiger partial charge in [0.2, 0.25) is 5.82 Å². The molecule has 5 heteroatoms. The number of rotatable bonds is 6. The van der Waals surface area contributed by atoms with Crippen molar-refractivity contribution in [1.29, 1.82) is 0 Å². The second-order valence-electron chi connectivity index (χ2n) is 8.70. The van der Waals surface area contributed by atoms with Gasteiger partial charge in [0.1, 0.15) is 6.61 Å². The number of ether oxygens (including phenoxy) is 1. The Morgan fingerprint density at radius 2 is 1.30 bits per heavy atom. The summed E-state index contributed by atoms with van der Waals surface area (Å²) in [7, 11) is 0. The van der Waals surface area contributed by atoms with Crippen LogP contribution >= 0.6 is 0 Å². The molecule has 0 bridgehead atoms. The molecule has 0 radical (unpaired) electrons. The Kier molecular flexibility index (Phi) is 6.87. The summed E-state index contributed by atoms with van der Waals surface area (Å²) >= 11 is 0. The molecule has 1 saturated carbocycles. The molecule has 1 nitrogen and oxygen atoms in total. The Labute approximate surface area is 191 Å². The van der Waals surface area contributed by atoms with Gasteiger partial charge in [-0.05, 0) is 53.5 Å². The maximum Gasteiger partial charge on any atom is 0.201 e. The largest absolute Gasteiger partial charge is 0.486 e. The minimum Gasteiger partial charge on any atom is -0.486 e. The van der Waals surface area contributed by atoms with E-state index in [9.17, 15) is 17.6 Å². The summed E-state index contributed by atoms with van der Waals surface area (Å²) in [5, 5.41) is 0. The summed E-state index contributed by atoms with van der Waals surface area (Å²) in [5.41, 5.74) is 1.52. The molecule has 1 aliphatic carbocycles. The minimum atomic E-state index is -1.08. The zero-order valence-corrected chi connectivity index (χ0v) is 18.5. The van der Waals surface area contributed by atoms with Crippen LogP contribution in [0.5, 0.6) is 5.75 Å². The van der Waals surface area contributed by atoms with Gasteiger partial charge in [0.25, 0.3) is 0 Å².